The number of nitrogens with zero attached hydrogens (tertiary/aromatic N) is 5. The largest absolute Gasteiger partial charge is 0.488 e. The maximum Gasteiger partial charge on any atom is 0.236 e. The first-order valence-corrected chi connectivity index (χ1v) is 16.3. The van der Waals surface area contributed by atoms with E-state index in [0.29, 0.717) is 24.1 Å². The summed E-state index contributed by atoms with van der Waals surface area (Å²) in [5.41, 5.74) is 4.95. The van der Waals surface area contributed by atoms with E-state index in [1.807, 2.05) is 0 Å². The van der Waals surface area contributed by atoms with E-state index in [9.17, 15) is 13.2 Å². The molecule has 230 valence electrons. The van der Waals surface area contributed by atoms with E-state index >= 15 is 0 Å². The van der Waals surface area contributed by atoms with Crippen molar-refractivity contribution >= 4 is 39.0 Å². The van der Waals surface area contributed by atoms with Crippen molar-refractivity contribution in [1.29, 1.82) is 0 Å². The van der Waals surface area contributed by atoms with Crippen LogP contribution in [0.25, 0.3) is 0 Å². The highest BCUT2D eigenvalue weighted by atomic mass is 32.2. The van der Waals surface area contributed by atoms with Crippen molar-refractivity contribution in [2.75, 3.05) is 44.4 Å². The molecule has 2 N–H and O–H groups in total. The number of sulfone groups is 1. The minimum absolute atomic E-state index is 0.0453. The van der Waals surface area contributed by atoms with Crippen LogP contribution in [0.1, 0.15) is 56.2 Å². The Morgan fingerprint density at radius 3 is 2.40 bits per heavy atom. The van der Waals surface area contributed by atoms with E-state index in [-0.39, 0.29) is 22.9 Å². The smallest absolute Gasteiger partial charge is 0.236 e. The zero-order valence-corrected chi connectivity index (χ0v) is 26.5. The number of carbonyl (C=O) groups excluding carboxylic acids is 1. The molecule has 1 fully saturated rings. The van der Waals surface area contributed by atoms with Gasteiger partial charge in [0.15, 0.2) is 9.84 Å². The molecule has 1 unspecified atom stereocenters. The normalized spacial score (nSPS) is 17.4. The van der Waals surface area contributed by atoms with Gasteiger partial charge in [0.1, 0.15) is 18.2 Å². The highest BCUT2D eigenvalue weighted by Crippen LogP contribution is 2.45. The number of rotatable bonds is 9. The van der Waals surface area contributed by atoms with Crippen molar-refractivity contribution in [3.63, 3.8) is 0 Å². The quantitative estimate of drug-likeness (QED) is 0.360. The third-order valence-electron chi connectivity index (χ3n) is 8.17. The van der Waals surface area contributed by atoms with Crippen LogP contribution in [0.3, 0.4) is 0 Å². The molecule has 12 heteroatoms. The number of hydrogen-bond donors (Lipinski definition) is 2. The molecule has 1 aromatic heterocycles. The van der Waals surface area contributed by atoms with Crippen LogP contribution in [-0.2, 0) is 21.1 Å². The average Bonchev–Trinajstić information content (AvgIpc) is 3.35. The fourth-order valence-corrected chi connectivity index (χ4v) is 7.06. The van der Waals surface area contributed by atoms with Crippen molar-refractivity contribution in [2.45, 2.75) is 69.1 Å². The third-order valence-corrected chi connectivity index (χ3v) is 10.4. The van der Waals surface area contributed by atoms with Crippen LogP contribution in [0.15, 0.2) is 41.6 Å². The SMILES string of the molecule is Cc1cc(Nc2ncnc(Nc3ccccc3S(=O)(=O)C(C)C)n2)c2c(c1C1CCN(CC(=O)N(C)C)CC1)CC(C)O2. The van der Waals surface area contributed by atoms with Crippen molar-refractivity contribution < 1.29 is 17.9 Å². The molecule has 2 aliphatic heterocycles. The van der Waals surface area contributed by atoms with Gasteiger partial charge in [-0.1, -0.05) is 12.1 Å². The highest BCUT2D eigenvalue weighted by molar-refractivity contribution is 7.92. The van der Waals surface area contributed by atoms with E-state index in [0.717, 1.165) is 43.8 Å². The molecule has 3 heterocycles. The van der Waals surface area contributed by atoms with Gasteiger partial charge in [-0.3, -0.25) is 9.69 Å². The molecule has 2 aliphatic rings. The Morgan fingerprint density at radius 1 is 1.09 bits per heavy atom. The summed E-state index contributed by atoms with van der Waals surface area (Å²) in [6.07, 6.45) is 4.24. The van der Waals surface area contributed by atoms with Crippen LogP contribution >= 0.6 is 0 Å². The zero-order chi connectivity index (χ0) is 30.9. The van der Waals surface area contributed by atoms with Crippen molar-refractivity contribution in [1.82, 2.24) is 24.8 Å². The Labute approximate surface area is 254 Å². The first-order valence-electron chi connectivity index (χ1n) is 14.8. The summed E-state index contributed by atoms with van der Waals surface area (Å²) >= 11 is 0. The number of fused-ring (bicyclic) bond motifs is 1. The Balaban J connectivity index is 1.37. The molecule has 5 rings (SSSR count). The van der Waals surface area contributed by atoms with Gasteiger partial charge in [0, 0.05) is 26.1 Å². The van der Waals surface area contributed by atoms with Crippen LogP contribution in [0, 0.1) is 6.92 Å². The highest BCUT2D eigenvalue weighted by Gasteiger charge is 2.32. The number of aromatic nitrogens is 3. The second-order valence-corrected chi connectivity index (χ2v) is 14.4. The van der Waals surface area contributed by atoms with Gasteiger partial charge in [-0.15, -0.1) is 0 Å². The number of piperidine rings is 1. The molecular weight excluding hydrogens is 566 g/mol. The maximum atomic E-state index is 12.9. The number of anilines is 4. The first kappa shape index (κ1) is 30.7. The number of benzene rings is 2. The van der Waals surface area contributed by atoms with Gasteiger partial charge in [-0.25, -0.2) is 18.4 Å². The van der Waals surface area contributed by atoms with Crippen LogP contribution < -0.4 is 15.4 Å². The molecule has 0 bridgehead atoms. The Bertz CT molecular complexity index is 1600. The summed E-state index contributed by atoms with van der Waals surface area (Å²) in [6, 6.07) is 8.83. The molecule has 0 aliphatic carbocycles. The first-order chi connectivity index (χ1) is 20.4. The lowest BCUT2D eigenvalue weighted by Gasteiger charge is -2.33. The van der Waals surface area contributed by atoms with Gasteiger partial charge >= 0.3 is 0 Å². The average molecular weight is 608 g/mol. The second kappa shape index (κ2) is 12.5. The molecule has 0 saturated carbocycles. The fraction of sp³-hybridized carbons (Fsp3) is 0.484. The number of aryl methyl sites for hydroxylation is 1. The topological polar surface area (TPSA) is 130 Å². The molecule has 0 spiro atoms. The standard InChI is InChI=1S/C31H41N7O4S/c1-19(2)43(40,41)26-10-8-7-9-24(26)34-30-32-18-33-31(36-30)35-25-15-20(3)28(23-16-21(4)42-29(23)25)22-11-13-38(14-12-22)17-27(39)37(5)6/h7-10,15,18-19,21-22H,11-14,16-17H2,1-6H3,(H2,32,33,34,35,36). The molecule has 11 nitrogen and oxygen atoms in total. The number of para-hydroxylation sites is 1. The second-order valence-electron chi connectivity index (χ2n) is 11.9. The molecule has 2 aromatic carbocycles. The molecule has 3 aromatic rings. The Morgan fingerprint density at radius 2 is 1.74 bits per heavy atom. The van der Waals surface area contributed by atoms with E-state index in [2.05, 4.69) is 50.4 Å². The summed E-state index contributed by atoms with van der Waals surface area (Å²) in [5, 5.41) is 5.82. The number of likely N-dealkylation sites (N-methyl/N-ethyl adjacent to an activating group) is 1. The third kappa shape index (κ3) is 6.59. The molecule has 1 saturated heterocycles. The lowest BCUT2D eigenvalue weighted by atomic mass is 9.82. The van der Waals surface area contributed by atoms with E-state index in [1.165, 1.54) is 23.0 Å². The number of amides is 1. The number of likely N-dealkylation sites (tertiary alicyclic amines) is 1. The van der Waals surface area contributed by atoms with Crippen molar-refractivity contribution in [3.05, 3.63) is 53.3 Å². The number of hydrogen-bond acceptors (Lipinski definition) is 10. The Hall–Kier alpha value is -3.77. The summed E-state index contributed by atoms with van der Waals surface area (Å²) in [6.45, 7) is 9.76. The van der Waals surface area contributed by atoms with Gasteiger partial charge < -0.3 is 20.3 Å². The van der Waals surface area contributed by atoms with Gasteiger partial charge in [-0.05, 0) is 88.9 Å². The fourth-order valence-electron chi connectivity index (χ4n) is 5.85. The lowest BCUT2D eigenvalue weighted by Crippen LogP contribution is -2.40. The van der Waals surface area contributed by atoms with Gasteiger partial charge in [0.05, 0.1) is 28.1 Å². The minimum atomic E-state index is -3.51. The monoisotopic (exact) mass is 607 g/mol. The number of ether oxygens (including phenoxy) is 1. The zero-order valence-electron chi connectivity index (χ0n) is 25.7. The predicted molar refractivity (Wildman–Crippen MR) is 167 cm³/mol. The van der Waals surface area contributed by atoms with Crippen LogP contribution in [0.4, 0.5) is 23.3 Å². The van der Waals surface area contributed by atoms with Crippen molar-refractivity contribution in [2.24, 2.45) is 0 Å². The molecule has 0 radical (unpaired) electrons. The minimum Gasteiger partial charge on any atom is -0.488 e. The van der Waals surface area contributed by atoms with Gasteiger partial charge in [0.2, 0.25) is 17.8 Å². The number of nitrogens with one attached hydrogen (secondary N) is 2. The molecule has 1 atom stereocenters. The van der Waals surface area contributed by atoms with Crippen molar-refractivity contribution in [3.8, 4) is 5.75 Å². The Kier molecular flexibility index (Phi) is 8.89. The lowest BCUT2D eigenvalue weighted by molar-refractivity contribution is -0.130. The van der Waals surface area contributed by atoms with E-state index < -0.39 is 15.1 Å². The molecule has 1 amide bonds. The summed E-state index contributed by atoms with van der Waals surface area (Å²) in [4.78, 5) is 29.4. The van der Waals surface area contributed by atoms with Gasteiger partial charge in [-0.2, -0.15) is 4.98 Å². The maximum absolute atomic E-state index is 12.9. The summed E-state index contributed by atoms with van der Waals surface area (Å²) < 4.78 is 32.1. The van der Waals surface area contributed by atoms with Crippen LogP contribution in [0.5, 0.6) is 5.75 Å². The van der Waals surface area contributed by atoms with Crippen LogP contribution in [-0.4, -0.2) is 84.2 Å². The van der Waals surface area contributed by atoms with E-state index in [4.69, 9.17) is 4.74 Å². The predicted octanol–water partition coefficient (Wildman–Crippen LogP) is 4.44. The van der Waals surface area contributed by atoms with E-state index in [1.54, 1.807) is 57.1 Å². The summed E-state index contributed by atoms with van der Waals surface area (Å²) in [5.74, 6) is 1.90. The van der Waals surface area contributed by atoms with Gasteiger partial charge in [0.25, 0.3) is 0 Å². The number of carbonyl (C=O) groups is 1. The summed E-state index contributed by atoms with van der Waals surface area (Å²) in [7, 11) is 0.0820. The molecular formula is C31H41N7O4S. The molecule has 43 heavy (non-hydrogen) atoms. The van der Waals surface area contributed by atoms with Crippen LogP contribution in [0.2, 0.25) is 0 Å².